The van der Waals surface area contributed by atoms with E-state index in [1.54, 1.807) is 12.4 Å². The summed E-state index contributed by atoms with van der Waals surface area (Å²) in [5.41, 5.74) is 1.75. The number of nitrogens with zero attached hydrogens (tertiary/aromatic N) is 3. The van der Waals surface area contributed by atoms with E-state index in [0.29, 0.717) is 12.1 Å². The van der Waals surface area contributed by atoms with Gasteiger partial charge in [-0.3, -0.25) is 15.0 Å². The Kier molecular flexibility index (Phi) is 3.91. The maximum atomic E-state index is 11.0. The van der Waals surface area contributed by atoms with Crippen LogP contribution < -0.4 is 0 Å². The highest BCUT2D eigenvalue weighted by Crippen LogP contribution is 2.19. The van der Waals surface area contributed by atoms with Crippen molar-refractivity contribution in [2.45, 2.75) is 19.5 Å². The fourth-order valence-corrected chi connectivity index (χ4v) is 1.87. The van der Waals surface area contributed by atoms with Crippen LogP contribution in [0.15, 0.2) is 30.6 Å². The van der Waals surface area contributed by atoms with Gasteiger partial charge in [0, 0.05) is 24.3 Å². The van der Waals surface area contributed by atoms with Crippen molar-refractivity contribution in [1.29, 1.82) is 0 Å². The third-order valence-corrected chi connectivity index (χ3v) is 3.13. The number of hydrogen-bond acceptors (Lipinski definition) is 4. The molecule has 19 heavy (non-hydrogen) atoms. The van der Waals surface area contributed by atoms with Gasteiger partial charge in [-0.15, -0.1) is 0 Å². The number of aromatic nitrogens is 3. The van der Waals surface area contributed by atoms with Gasteiger partial charge in [-0.05, 0) is 26.1 Å². The quantitative estimate of drug-likeness (QED) is 0.855. The van der Waals surface area contributed by atoms with Gasteiger partial charge < -0.3 is 5.11 Å². The van der Waals surface area contributed by atoms with Gasteiger partial charge in [0.1, 0.15) is 5.69 Å². The first-order valence-electron chi connectivity index (χ1n) is 5.96. The molecule has 6 heteroatoms. The molecule has 0 aliphatic rings. The second kappa shape index (κ2) is 5.62. The molecule has 0 unspecified atom stereocenters. The lowest BCUT2D eigenvalue weighted by Crippen LogP contribution is -2.23. The zero-order valence-electron chi connectivity index (χ0n) is 10.9. The Morgan fingerprint density at radius 1 is 1.53 bits per heavy atom. The molecule has 0 spiro atoms. The normalized spacial score (nSPS) is 12.6. The molecule has 0 aromatic carbocycles. The molecule has 2 aromatic heterocycles. The minimum Gasteiger partial charge on any atom is -0.477 e. The molecule has 0 saturated heterocycles. The van der Waals surface area contributed by atoms with Crippen molar-refractivity contribution in [3.63, 3.8) is 0 Å². The molecular formula is C13H16N4O2. The van der Waals surface area contributed by atoms with Crippen LogP contribution in [0.2, 0.25) is 0 Å². The van der Waals surface area contributed by atoms with Crippen LogP contribution in [0.1, 0.15) is 34.7 Å². The van der Waals surface area contributed by atoms with Crippen LogP contribution >= 0.6 is 0 Å². The van der Waals surface area contributed by atoms with E-state index in [0.717, 1.165) is 5.69 Å². The van der Waals surface area contributed by atoms with Crippen LogP contribution in [0.4, 0.5) is 0 Å². The van der Waals surface area contributed by atoms with E-state index in [9.17, 15) is 4.79 Å². The molecule has 2 N–H and O–H groups in total. The van der Waals surface area contributed by atoms with Crippen LogP contribution in [0, 0.1) is 0 Å². The van der Waals surface area contributed by atoms with Gasteiger partial charge in [-0.1, -0.05) is 6.07 Å². The summed E-state index contributed by atoms with van der Waals surface area (Å²) in [4.78, 5) is 17.3. The predicted molar refractivity (Wildman–Crippen MR) is 69.7 cm³/mol. The first kappa shape index (κ1) is 13.2. The maximum absolute atomic E-state index is 11.0. The highest BCUT2D eigenvalue weighted by molar-refractivity contribution is 5.86. The van der Waals surface area contributed by atoms with Crippen LogP contribution in [0.5, 0.6) is 0 Å². The Labute approximate surface area is 111 Å². The fraction of sp³-hybridized carbons (Fsp3) is 0.308. The third-order valence-electron chi connectivity index (χ3n) is 3.13. The van der Waals surface area contributed by atoms with E-state index in [2.05, 4.69) is 15.2 Å². The van der Waals surface area contributed by atoms with Crippen molar-refractivity contribution < 1.29 is 9.90 Å². The number of aromatic carboxylic acids is 1. The summed E-state index contributed by atoms with van der Waals surface area (Å²) in [7, 11) is 1.93. The Morgan fingerprint density at radius 3 is 2.95 bits per heavy atom. The lowest BCUT2D eigenvalue weighted by molar-refractivity contribution is 0.0688. The number of rotatable bonds is 5. The van der Waals surface area contributed by atoms with Crippen molar-refractivity contribution in [3.8, 4) is 0 Å². The Balaban J connectivity index is 2.11. The summed E-state index contributed by atoms with van der Waals surface area (Å²) in [6, 6.07) is 5.86. The third kappa shape index (κ3) is 2.97. The van der Waals surface area contributed by atoms with Crippen LogP contribution in [0.25, 0.3) is 0 Å². The van der Waals surface area contributed by atoms with Crippen molar-refractivity contribution in [2.24, 2.45) is 0 Å². The average molecular weight is 260 g/mol. The lowest BCUT2D eigenvalue weighted by Gasteiger charge is -2.23. The van der Waals surface area contributed by atoms with E-state index >= 15 is 0 Å². The summed E-state index contributed by atoms with van der Waals surface area (Å²) in [5.74, 6) is -0.994. The summed E-state index contributed by atoms with van der Waals surface area (Å²) in [5, 5.41) is 15.3. The molecule has 0 aliphatic heterocycles. The van der Waals surface area contributed by atoms with Gasteiger partial charge >= 0.3 is 5.97 Å². The average Bonchev–Trinajstić information content (AvgIpc) is 2.87. The summed E-state index contributed by atoms with van der Waals surface area (Å²) in [6.07, 6.45) is 3.30. The molecule has 6 nitrogen and oxygen atoms in total. The first-order valence-corrected chi connectivity index (χ1v) is 5.96. The predicted octanol–water partition coefficient (Wildman–Crippen LogP) is 1.70. The van der Waals surface area contributed by atoms with E-state index in [-0.39, 0.29) is 11.7 Å². The fourth-order valence-electron chi connectivity index (χ4n) is 1.87. The number of carbonyl (C=O) groups is 1. The highest BCUT2D eigenvalue weighted by Gasteiger charge is 2.18. The van der Waals surface area contributed by atoms with Crippen LogP contribution in [-0.4, -0.2) is 38.2 Å². The largest absolute Gasteiger partial charge is 0.477 e. The van der Waals surface area contributed by atoms with Crippen LogP contribution in [-0.2, 0) is 6.54 Å². The van der Waals surface area contributed by atoms with Crippen molar-refractivity contribution in [1.82, 2.24) is 20.1 Å². The highest BCUT2D eigenvalue weighted by atomic mass is 16.4. The van der Waals surface area contributed by atoms with E-state index in [1.165, 1.54) is 0 Å². The molecule has 1 atom stereocenters. The second-order valence-electron chi connectivity index (χ2n) is 4.42. The standard InChI is InChI=1S/C13H16N4O2/c1-9(11-5-3-4-6-14-11)17(2)8-10-7-15-16-12(10)13(18)19/h3-7,9H,8H2,1-2H3,(H,15,16)(H,18,19)/t9-/m1/s1. The molecule has 0 aliphatic carbocycles. The van der Waals surface area contributed by atoms with Gasteiger partial charge in [0.2, 0.25) is 0 Å². The maximum Gasteiger partial charge on any atom is 0.354 e. The summed E-state index contributed by atoms with van der Waals surface area (Å²) in [6.45, 7) is 2.53. The van der Waals surface area contributed by atoms with E-state index < -0.39 is 5.97 Å². The molecule has 0 saturated carbocycles. The second-order valence-corrected chi connectivity index (χ2v) is 4.42. The van der Waals surface area contributed by atoms with Crippen molar-refractivity contribution >= 4 is 5.97 Å². The number of H-pyrrole nitrogens is 1. The number of carboxylic acid groups (broad SMARTS) is 1. The number of pyridine rings is 1. The first-order chi connectivity index (χ1) is 9.09. The molecule has 0 bridgehead atoms. The monoisotopic (exact) mass is 260 g/mol. The summed E-state index contributed by atoms with van der Waals surface area (Å²) < 4.78 is 0. The van der Waals surface area contributed by atoms with Crippen molar-refractivity contribution in [2.75, 3.05) is 7.05 Å². The SMILES string of the molecule is C[C@H](c1ccccn1)N(C)Cc1cn[nH]c1C(=O)O. The topological polar surface area (TPSA) is 82.1 Å². The minimum atomic E-state index is -0.994. The lowest BCUT2D eigenvalue weighted by atomic mass is 10.1. The molecule has 0 radical (unpaired) electrons. The summed E-state index contributed by atoms with van der Waals surface area (Å²) >= 11 is 0. The number of nitrogens with one attached hydrogen (secondary N) is 1. The van der Waals surface area contributed by atoms with Gasteiger partial charge in [0.15, 0.2) is 0 Å². The number of carboxylic acids is 1. The van der Waals surface area contributed by atoms with E-state index in [1.807, 2.05) is 37.1 Å². The van der Waals surface area contributed by atoms with Gasteiger partial charge in [0.25, 0.3) is 0 Å². The Morgan fingerprint density at radius 2 is 2.32 bits per heavy atom. The van der Waals surface area contributed by atoms with Crippen LogP contribution in [0.3, 0.4) is 0 Å². The molecule has 2 heterocycles. The molecule has 2 aromatic rings. The Bertz CT molecular complexity index is 553. The smallest absolute Gasteiger partial charge is 0.354 e. The zero-order valence-corrected chi connectivity index (χ0v) is 10.9. The Hall–Kier alpha value is -2.21. The van der Waals surface area contributed by atoms with Gasteiger partial charge in [-0.25, -0.2) is 4.79 Å². The molecule has 0 amide bonds. The molecular weight excluding hydrogens is 244 g/mol. The van der Waals surface area contributed by atoms with Gasteiger partial charge in [0.05, 0.1) is 11.9 Å². The number of aromatic amines is 1. The molecule has 0 fully saturated rings. The zero-order chi connectivity index (χ0) is 13.8. The van der Waals surface area contributed by atoms with Crippen molar-refractivity contribution in [3.05, 3.63) is 47.5 Å². The van der Waals surface area contributed by atoms with Gasteiger partial charge in [-0.2, -0.15) is 5.10 Å². The van der Waals surface area contributed by atoms with E-state index in [4.69, 9.17) is 5.11 Å². The molecule has 2 rings (SSSR count). The molecule has 100 valence electrons. The minimum absolute atomic E-state index is 0.0951. The number of hydrogen-bond donors (Lipinski definition) is 2.